The fraction of sp³-hybridized carbons (Fsp3) is 0.731. The number of halogens is 1. The highest BCUT2D eigenvalue weighted by Crippen LogP contribution is 2.27. The maximum Gasteiger partial charge on any atom is 0.334 e. The van der Waals surface area contributed by atoms with Gasteiger partial charge in [-0.1, -0.05) is 0 Å². The number of aliphatic hydroxyl groups is 3. The van der Waals surface area contributed by atoms with E-state index in [2.05, 4.69) is 26.6 Å². The Hall–Kier alpha value is -3.42. The second kappa shape index (κ2) is 13.1. The number of cyclic esters (lactones) is 1. The highest BCUT2D eigenvalue weighted by atomic mass is 35.5. The first-order valence-electron chi connectivity index (χ1n) is 14.4. The summed E-state index contributed by atoms with van der Waals surface area (Å²) in [5.41, 5.74) is 3.09. The number of ether oxygens (including phenoxy) is 1. The number of hydrazine groups is 2. The molecule has 5 amide bonds. The number of esters is 1. The lowest BCUT2D eigenvalue weighted by molar-refractivity contribution is -0.167. The smallest absolute Gasteiger partial charge is 0.334 e. The standard InChI is InChI=1S/C26H39ClN8O10/c1-12-22(42)33-15(7-13(27)8-28-33)23(43)34-14(5-6-25(2,3)32-34)20(40)31-26(4,11-36)24(44)45-10-17(38)35-18(21(41)30-12)19(39)16(37)9-29-35/h9,12-16,18-19,28,32,36-37,39H,5-8,10-11H2,1-4H3,(H,30,41)(H,31,40)/t12-,13+,14-,15-,16+,18-,19+,26-/m0/s1. The van der Waals surface area contributed by atoms with Gasteiger partial charge in [0.15, 0.2) is 18.2 Å². The molecule has 4 heterocycles. The summed E-state index contributed by atoms with van der Waals surface area (Å²) in [6.45, 7) is 4.17. The SMILES string of the molecule is C[C@@H]1NC(=O)[C@@H]2[C@H](O)[C@H](O)C=NN2C(=O)COC(=O)[C@](C)(CO)NC(=O)[C@@H]2CCC(C)(C)NN2C(=O)[C@@H]2C[C@@H](Cl)CNN2C1=O. The lowest BCUT2D eigenvalue weighted by atomic mass is 9.91. The molecule has 3 fully saturated rings. The van der Waals surface area contributed by atoms with Crippen molar-refractivity contribution in [2.45, 2.75) is 99.8 Å². The van der Waals surface area contributed by atoms with Gasteiger partial charge >= 0.3 is 5.97 Å². The monoisotopic (exact) mass is 658 g/mol. The molecule has 4 aliphatic heterocycles. The Labute approximate surface area is 263 Å². The summed E-state index contributed by atoms with van der Waals surface area (Å²) in [7, 11) is 0. The van der Waals surface area contributed by atoms with Crippen LogP contribution in [0.2, 0.25) is 0 Å². The predicted molar refractivity (Wildman–Crippen MR) is 153 cm³/mol. The first-order valence-corrected chi connectivity index (χ1v) is 14.9. The minimum atomic E-state index is -2.08. The number of aliphatic hydroxyl groups excluding tert-OH is 3. The normalized spacial score (nSPS) is 37.0. The second-order valence-electron chi connectivity index (χ2n) is 12.4. The van der Waals surface area contributed by atoms with E-state index in [4.69, 9.17) is 16.3 Å². The number of nitrogens with one attached hydrogen (secondary N) is 4. The van der Waals surface area contributed by atoms with Crippen LogP contribution >= 0.6 is 11.6 Å². The Morgan fingerprint density at radius 2 is 1.73 bits per heavy atom. The number of carbonyl (C=O) groups excluding carboxylic acids is 6. The summed E-state index contributed by atoms with van der Waals surface area (Å²) in [5.74, 6) is -5.71. The summed E-state index contributed by atoms with van der Waals surface area (Å²) < 4.78 is 5.08. The van der Waals surface area contributed by atoms with Crippen LogP contribution in [0.3, 0.4) is 0 Å². The van der Waals surface area contributed by atoms with Crippen LogP contribution in [0, 0.1) is 0 Å². The van der Waals surface area contributed by atoms with Crippen molar-refractivity contribution in [3.63, 3.8) is 0 Å². The first-order chi connectivity index (χ1) is 21.0. The van der Waals surface area contributed by atoms with Gasteiger partial charge in [-0.05, 0) is 47.0 Å². The van der Waals surface area contributed by atoms with E-state index in [9.17, 15) is 44.1 Å². The van der Waals surface area contributed by atoms with Crippen molar-refractivity contribution in [1.29, 1.82) is 0 Å². The van der Waals surface area contributed by atoms with E-state index in [1.54, 1.807) is 13.8 Å². The van der Waals surface area contributed by atoms with Crippen LogP contribution in [-0.2, 0) is 33.5 Å². The molecule has 0 aromatic rings. The molecule has 4 rings (SSSR count). The van der Waals surface area contributed by atoms with Crippen molar-refractivity contribution in [3.8, 4) is 0 Å². The number of hydrogen-bond acceptors (Lipinski definition) is 13. The van der Waals surface area contributed by atoms with E-state index in [1.807, 2.05) is 0 Å². The highest BCUT2D eigenvalue weighted by molar-refractivity contribution is 6.21. The number of nitrogens with zero attached hydrogens (tertiary/aromatic N) is 4. The quantitative estimate of drug-likeness (QED) is 0.105. The Morgan fingerprint density at radius 3 is 2.40 bits per heavy atom. The Bertz CT molecular complexity index is 1270. The van der Waals surface area contributed by atoms with Gasteiger partial charge in [0.1, 0.15) is 30.3 Å². The molecule has 18 nitrogen and oxygen atoms in total. The minimum Gasteiger partial charge on any atom is -0.454 e. The molecule has 0 aromatic heterocycles. The topological polar surface area (TPSA) is 243 Å². The van der Waals surface area contributed by atoms with Crippen molar-refractivity contribution >= 4 is 53.3 Å². The lowest BCUT2D eigenvalue weighted by Crippen LogP contribution is -2.72. The van der Waals surface area contributed by atoms with Crippen LogP contribution in [0.1, 0.15) is 47.0 Å². The van der Waals surface area contributed by atoms with Gasteiger partial charge in [0.25, 0.3) is 17.7 Å². The number of fused-ring (bicyclic) bond motifs is 3. The summed E-state index contributed by atoms with van der Waals surface area (Å²) in [6, 6.07) is -5.66. The van der Waals surface area contributed by atoms with E-state index in [1.165, 1.54) is 6.92 Å². The molecule has 0 aromatic carbocycles. The van der Waals surface area contributed by atoms with E-state index < -0.39 is 102 Å². The van der Waals surface area contributed by atoms with Gasteiger partial charge in [-0.15, -0.1) is 11.6 Å². The molecule has 19 heteroatoms. The van der Waals surface area contributed by atoms with Gasteiger partial charge in [0, 0.05) is 12.1 Å². The Balaban J connectivity index is 1.76. The fourth-order valence-electron chi connectivity index (χ4n) is 5.43. The number of hydrazone groups is 1. The van der Waals surface area contributed by atoms with Gasteiger partial charge in [-0.3, -0.25) is 34.0 Å². The highest BCUT2D eigenvalue weighted by Gasteiger charge is 2.49. The molecule has 4 aliphatic rings. The van der Waals surface area contributed by atoms with Crippen LogP contribution in [0.15, 0.2) is 5.10 Å². The summed E-state index contributed by atoms with van der Waals surface area (Å²) in [5, 5.41) is 41.4. The third-order valence-corrected chi connectivity index (χ3v) is 8.47. The third kappa shape index (κ3) is 7.05. The van der Waals surface area contributed by atoms with Crippen LogP contribution in [0.4, 0.5) is 0 Å². The van der Waals surface area contributed by atoms with Gasteiger partial charge < -0.3 is 30.7 Å². The van der Waals surface area contributed by atoms with Crippen molar-refractivity contribution < 1.29 is 48.8 Å². The largest absolute Gasteiger partial charge is 0.454 e. The number of rotatable bonds is 1. The van der Waals surface area contributed by atoms with Crippen LogP contribution < -0.4 is 21.5 Å². The van der Waals surface area contributed by atoms with Crippen LogP contribution in [-0.4, -0.2) is 145 Å². The van der Waals surface area contributed by atoms with E-state index in [-0.39, 0.29) is 19.4 Å². The van der Waals surface area contributed by atoms with Crippen molar-refractivity contribution in [2.75, 3.05) is 19.8 Å². The summed E-state index contributed by atoms with van der Waals surface area (Å²) in [4.78, 5) is 81.0. The molecule has 45 heavy (non-hydrogen) atoms. The molecule has 0 spiro atoms. The van der Waals surface area contributed by atoms with Crippen LogP contribution in [0.25, 0.3) is 0 Å². The predicted octanol–water partition coefficient (Wildman–Crippen LogP) is -4.18. The lowest BCUT2D eigenvalue weighted by Gasteiger charge is -2.47. The van der Waals surface area contributed by atoms with Crippen LogP contribution in [0.5, 0.6) is 0 Å². The molecule has 250 valence electrons. The van der Waals surface area contributed by atoms with Crippen molar-refractivity contribution in [2.24, 2.45) is 5.10 Å². The maximum atomic E-state index is 14.1. The molecule has 8 atom stereocenters. The molecule has 7 N–H and O–H groups in total. The summed E-state index contributed by atoms with van der Waals surface area (Å²) in [6.07, 6.45) is -2.22. The third-order valence-electron chi connectivity index (χ3n) is 8.14. The first kappa shape index (κ1) is 34.5. The maximum absolute atomic E-state index is 14.1. The van der Waals surface area contributed by atoms with Gasteiger partial charge in [0.2, 0.25) is 11.8 Å². The van der Waals surface area contributed by atoms with E-state index in [0.29, 0.717) is 11.4 Å². The fourth-order valence-corrected chi connectivity index (χ4v) is 5.67. The number of amides is 5. The summed E-state index contributed by atoms with van der Waals surface area (Å²) >= 11 is 6.39. The average Bonchev–Trinajstić information content (AvgIpc) is 2.98. The number of carbonyl (C=O) groups is 6. The van der Waals surface area contributed by atoms with Gasteiger partial charge in [-0.2, -0.15) is 5.10 Å². The van der Waals surface area contributed by atoms with Crippen molar-refractivity contribution in [3.05, 3.63) is 0 Å². The van der Waals surface area contributed by atoms with Gasteiger partial charge in [-0.25, -0.2) is 20.7 Å². The zero-order valence-corrected chi connectivity index (χ0v) is 26.0. The molecular weight excluding hydrogens is 620 g/mol. The van der Waals surface area contributed by atoms with Crippen molar-refractivity contribution in [1.82, 2.24) is 36.5 Å². The molecule has 0 unspecified atom stereocenters. The molecular formula is C26H39ClN8O10. The average molecular weight is 659 g/mol. The molecule has 0 aliphatic carbocycles. The molecule has 0 radical (unpaired) electrons. The molecule has 0 bridgehead atoms. The molecule has 3 saturated heterocycles. The van der Waals surface area contributed by atoms with Gasteiger partial charge in [0.05, 0.1) is 18.2 Å². The Morgan fingerprint density at radius 1 is 1.04 bits per heavy atom. The second-order valence-corrected chi connectivity index (χ2v) is 13.0. The zero-order valence-electron chi connectivity index (χ0n) is 25.2. The van der Waals surface area contributed by atoms with E-state index in [0.717, 1.165) is 23.2 Å². The molecule has 0 saturated carbocycles. The van der Waals surface area contributed by atoms with E-state index >= 15 is 0 Å². The zero-order chi connectivity index (χ0) is 33.4. The number of hydrogen-bond donors (Lipinski definition) is 7. The Kier molecular flexibility index (Phi) is 10.1. The minimum absolute atomic E-state index is 0.0298. The number of alkyl halides is 1.